The van der Waals surface area contributed by atoms with E-state index in [-0.39, 0.29) is 42.8 Å². The SMILES string of the molecule is Cc1ncsc1-c1ccc(CCC(=O)[C@@H]2C[C@@H](O)CN2C(=O)[C@@H](CC(=O)C(C)C)C(C)(C)C)cc1. The molecule has 1 aromatic heterocycles. The monoisotopic (exact) mass is 498 g/mol. The fraction of sp³-hybridized carbons (Fsp3) is 0.571. The lowest BCUT2D eigenvalue weighted by Gasteiger charge is -2.35. The molecule has 1 saturated heterocycles. The molecule has 0 radical (unpaired) electrons. The summed E-state index contributed by atoms with van der Waals surface area (Å²) in [5.74, 6) is -0.884. The summed E-state index contributed by atoms with van der Waals surface area (Å²) < 4.78 is 0. The number of carbonyl (C=O) groups is 3. The molecule has 1 N–H and O–H groups in total. The molecule has 0 saturated carbocycles. The third kappa shape index (κ3) is 6.64. The Bertz CT molecular complexity index is 1050. The number of hydrogen-bond acceptors (Lipinski definition) is 6. The Morgan fingerprint density at radius 1 is 1.17 bits per heavy atom. The maximum atomic E-state index is 13.6. The number of Topliss-reactive ketones (excluding diaryl/α,β-unsaturated/α-hetero) is 2. The van der Waals surface area contributed by atoms with Crippen molar-refractivity contribution >= 4 is 28.8 Å². The molecule has 3 rings (SSSR count). The average Bonchev–Trinajstić information content (AvgIpc) is 3.40. The molecule has 1 aliphatic rings. The van der Waals surface area contributed by atoms with Crippen molar-refractivity contribution in [2.45, 2.75) is 79.4 Å². The first-order valence-corrected chi connectivity index (χ1v) is 13.3. The smallest absolute Gasteiger partial charge is 0.227 e. The molecule has 2 heterocycles. The Morgan fingerprint density at radius 2 is 1.83 bits per heavy atom. The van der Waals surface area contributed by atoms with Crippen molar-refractivity contribution in [3.63, 3.8) is 0 Å². The van der Waals surface area contributed by atoms with Crippen molar-refractivity contribution in [3.8, 4) is 10.4 Å². The van der Waals surface area contributed by atoms with Crippen LogP contribution in [0.3, 0.4) is 0 Å². The molecule has 0 spiro atoms. The molecule has 6 nitrogen and oxygen atoms in total. The predicted octanol–water partition coefficient (Wildman–Crippen LogP) is 4.86. The summed E-state index contributed by atoms with van der Waals surface area (Å²) >= 11 is 1.61. The molecule has 1 amide bonds. The van der Waals surface area contributed by atoms with Gasteiger partial charge in [0.05, 0.1) is 28.2 Å². The van der Waals surface area contributed by atoms with E-state index in [4.69, 9.17) is 0 Å². The fourth-order valence-corrected chi connectivity index (χ4v) is 5.41. The highest BCUT2D eigenvalue weighted by Gasteiger charge is 2.44. The number of aromatic nitrogens is 1. The minimum Gasteiger partial charge on any atom is -0.391 e. The molecular formula is C28H38N2O4S. The minimum absolute atomic E-state index is 0.0397. The second-order valence-corrected chi connectivity index (χ2v) is 11.9. The number of rotatable bonds is 9. The number of aliphatic hydroxyl groups is 1. The maximum Gasteiger partial charge on any atom is 0.227 e. The summed E-state index contributed by atoms with van der Waals surface area (Å²) in [4.78, 5) is 46.2. The molecule has 0 bridgehead atoms. The van der Waals surface area contributed by atoms with Crippen LogP contribution in [0.2, 0.25) is 0 Å². The Labute approximate surface area is 212 Å². The second-order valence-electron chi connectivity index (χ2n) is 11.1. The van der Waals surface area contributed by atoms with Gasteiger partial charge in [-0.15, -0.1) is 11.3 Å². The zero-order valence-corrected chi connectivity index (χ0v) is 22.5. The van der Waals surface area contributed by atoms with Crippen LogP contribution in [-0.4, -0.2) is 51.2 Å². The van der Waals surface area contributed by atoms with E-state index >= 15 is 0 Å². The number of β-amino-alcohol motifs (C(OH)–C–C–N with tert-alkyl or cyclic N) is 1. The number of benzene rings is 1. The van der Waals surface area contributed by atoms with Crippen molar-refractivity contribution in [1.82, 2.24) is 9.88 Å². The van der Waals surface area contributed by atoms with E-state index in [1.807, 2.05) is 59.2 Å². The van der Waals surface area contributed by atoms with Gasteiger partial charge in [-0.3, -0.25) is 14.4 Å². The molecule has 190 valence electrons. The summed E-state index contributed by atoms with van der Waals surface area (Å²) in [6.45, 7) is 11.6. The first-order valence-electron chi connectivity index (χ1n) is 12.4. The number of amides is 1. The summed E-state index contributed by atoms with van der Waals surface area (Å²) in [7, 11) is 0. The van der Waals surface area contributed by atoms with E-state index in [2.05, 4.69) is 17.1 Å². The van der Waals surface area contributed by atoms with E-state index in [1.165, 1.54) is 4.90 Å². The van der Waals surface area contributed by atoms with Crippen molar-refractivity contribution in [3.05, 3.63) is 41.0 Å². The van der Waals surface area contributed by atoms with Crippen LogP contribution in [0.5, 0.6) is 0 Å². The van der Waals surface area contributed by atoms with E-state index in [0.717, 1.165) is 21.7 Å². The van der Waals surface area contributed by atoms with E-state index in [1.54, 1.807) is 11.3 Å². The molecule has 1 aromatic carbocycles. The van der Waals surface area contributed by atoms with Crippen molar-refractivity contribution in [2.75, 3.05) is 6.54 Å². The largest absolute Gasteiger partial charge is 0.391 e. The van der Waals surface area contributed by atoms with E-state index < -0.39 is 23.5 Å². The third-order valence-corrected chi connectivity index (χ3v) is 7.93. The van der Waals surface area contributed by atoms with Crippen LogP contribution in [0, 0.1) is 24.2 Å². The molecule has 7 heteroatoms. The summed E-state index contributed by atoms with van der Waals surface area (Å²) in [5.41, 5.74) is 4.58. The van der Waals surface area contributed by atoms with Crippen LogP contribution < -0.4 is 0 Å². The molecular weight excluding hydrogens is 460 g/mol. The number of carbonyl (C=O) groups excluding carboxylic acids is 3. The van der Waals surface area contributed by atoms with Crippen molar-refractivity contribution in [1.29, 1.82) is 0 Å². The minimum atomic E-state index is -0.726. The van der Waals surface area contributed by atoms with Crippen LogP contribution in [0.25, 0.3) is 10.4 Å². The van der Waals surface area contributed by atoms with E-state index in [0.29, 0.717) is 12.8 Å². The average molecular weight is 499 g/mol. The Hall–Kier alpha value is -2.38. The van der Waals surface area contributed by atoms with Gasteiger partial charge in [-0.2, -0.15) is 0 Å². The maximum absolute atomic E-state index is 13.6. The van der Waals surface area contributed by atoms with Gasteiger partial charge in [0.15, 0.2) is 5.78 Å². The van der Waals surface area contributed by atoms with Gasteiger partial charge in [0.25, 0.3) is 0 Å². The first-order chi connectivity index (χ1) is 16.4. The number of aliphatic hydroxyl groups excluding tert-OH is 1. The van der Waals surface area contributed by atoms with Gasteiger partial charge in [0, 0.05) is 37.6 Å². The quantitative estimate of drug-likeness (QED) is 0.533. The number of nitrogens with zero attached hydrogens (tertiary/aromatic N) is 2. The fourth-order valence-electron chi connectivity index (χ4n) is 4.60. The van der Waals surface area contributed by atoms with E-state index in [9.17, 15) is 19.5 Å². The zero-order chi connectivity index (χ0) is 25.9. The highest BCUT2D eigenvalue weighted by atomic mass is 32.1. The van der Waals surface area contributed by atoms with Gasteiger partial charge in [-0.05, 0) is 29.9 Å². The number of aryl methyl sites for hydroxylation is 2. The number of ketones is 2. The topological polar surface area (TPSA) is 87.6 Å². The molecule has 35 heavy (non-hydrogen) atoms. The molecule has 2 aromatic rings. The predicted molar refractivity (Wildman–Crippen MR) is 139 cm³/mol. The van der Waals surface area contributed by atoms with Gasteiger partial charge < -0.3 is 10.0 Å². The lowest BCUT2D eigenvalue weighted by Crippen LogP contribution is -2.47. The highest BCUT2D eigenvalue weighted by molar-refractivity contribution is 7.13. The van der Waals surface area contributed by atoms with Gasteiger partial charge in [-0.1, -0.05) is 58.9 Å². The van der Waals surface area contributed by atoms with Gasteiger partial charge in [0.1, 0.15) is 5.78 Å². The second kappa shape index (κ2) is 11.1. The van der Waals surface area contributed by atoms with Crippen LogP contribution in [-0.2, 0) is 20.8 Å². The lowest BCUT2D eigenvalue weighted by molar-refractivity contribution is -0.146. The van der Waals surface area contributed by atoms with Crippen LogP contribution >= 0.6 is 11.3 Å². The van der Waals surface area contributed by atoms with Gasteiger partial charge >= 0.3 is 0 Å². The molecule has 0 aliphatic carbocycles. The third-order valence-electron chi connectivity index (χ3n) is 6.95. The number of hydrogen-bond donors (Lipinski definition) is 1. The summed E-state index contributed by atoms with van der Waals surface area (Å²) in [6.07, 6.45) is 0.550. The number of likely N-dealkylation sites (tertiary alicyclic amines) is 1. The summed E-state index contributed by atoms with van der Waals surface area (Å²) in [5, 5.41) is 10.3. The molecule has 1 aliphatic heterocycles. The normalized spacial score (nSPS) is 19.3. The molecule has 0 unspecified atom stereocenters. The van der Waals surface area contributed by atoms with Crippen LogP contribution in [0.15, 0.2) is 29.8 Å². The van der Waals surface area contributed by atoms with Gasteiger partial charge in [-0.25, -0.2) is 4.98 Å². The van der Waals surface area contributed by atoms with Crippen LogP contribution in [0.1, 0.15) is 65.1 Å². The highest BCUT2D eigenvalue weighted by Crippen LogP contribution is 2.34. The van der Waals surface area contributed by atoms with Crippen molar-refractivity contribution < 1.29 is 19.5 Å². The Morgan fingerprint density at radius 3 is 2.37 bits per heavy atom. The zero-order valence-electron chi connectivity index (χ0n) is 21.7. The Kier molecular flexibility index (Phi) is 8.65. The van der Waals surface area contributed by atoms with Crippen LogP contribution in [0.4, 0.5) is 0 Å². The first kappa shape index (κ1) is 27.2. The standard InChI is InChI=1S/C28H38N2O4S/c1-17(2)25(33)14-22(28(4,5)6)27(34)30-15-21(31)13-23(30)24(32)12-9-19-7-10-20(11-8-19)26-18(3)29-16-35-26/h7-8,10-11,16-17,21-23,31H,9,12-15H2,1-6H3/t21-,22-,23+/m1/s1. The molecule has 1 fully saturated rings. The van der Waals surface area contributed by atoms with Gasteiger partial charge in [0.2, 0.25) is 5.91 Å². The van der Waals surface area contributed by atoms with Crippen molar-refractivity contribution in [2.24, 2.45) is 17.3 Å². The molecule has 3 atom stereocenters. The number of thiazole rings is 1. The Balaban J connectivity index is 1.68. The lowest BCUT2D eigenvalue weighted by atomic mass is 9.75. The summed E-state index contributed by atoms with van der Waals surface area (Å²) in [6, 6.07) is 7.52.